The molecule has 3 heteroatoms. The van der Waals surface area contributed by atoms with E-state index in [9.17, 15) is 4.79 Å². The lowest BCUT2D eigenvalue weighted by Crippen LogP contribution is -2.20. The van der Waals surface area contributed by atoms with Crippen molar-refractivity contribution in [3.8, 4) is 0 Å². The largest absolute Gasteiger partial charge is 0.370 e. The molecule has 0 spiro atoms. The zero-order valence-corrected chi connectivity index (χ0v) is 12.8. The number of nitrogens with one attached hydrogen (secondary N) is 1. The van der Waals surface area contributed by atoms with Gasteiger partial charge in [-0.15, -0.1) is 0 Å². The fourth-order valence-corrected chi connectivity index (χ4v) is 2.21. The molecule has 112 valence electrons. The van der Waals surface area contributed by atoms with Crippen LogP contribution in [-0.2, 0) is 11.2 Å². The lowest BCUT2D eigenvalue weighted by atomic mass is 10.0. The van der Waals surface area contributed by atoms with Gasteiger partial charge >= 0.3 is 0 Å². The summed E-state index contributed by atoms with van der Waals surface area (Å²) in [5.74, 6) is -0.208. The van der Waals surface area contributed by atoms with Gasteiger partial charge < -0.3 is 11.1 Å². The second kappa shape index (κ2) is 9.54. The minimum Gasteiger partial charge on any atom is -0.370 e. The Morgan fingerprint density at radius 3 is 2.50 bits per heavy atom. The monoisotopic (exact) mass is 276 g/mol. The molecule has 3 nitrogen and oxygen atoms in total. The van der Waals surface area contributed by atoms with Gasteiger partial charge in [-0.3, -0.25) is 4.79 Å². The van der Waals surface area contributed by atoms with Crippen molar-refractivity contribution in [3.63, 3.8) is 0 Å². The van der Waals surface area contributed by atoms with Crippen LogP contribution in [0.4, 0.5) is 0 Å². The fourth-order valence-electron chi connectivity index (χ4n) is 2.21. The molecular weight excluding hydrogens is 248 g/mol. The first-order valence-electron chi connectivity index (χ1n) is 7.74. The number of primary amides is 1. The van der Waals surface area contributed by atoms with Crippen LogP contribution in [-0.4, -0.2) is 12.5 Å². The molecule has 0 bridgehead atoms. The Bertz CT molecular complexity index is 386. The Morgan fingerprint density at radius 1 is 1.20 bits per heavy atom. The van der Waals surface area contributed by atoms with Gasteiger partial charge in [0.15, 0.2) is 0 Å². The molecule has 0 heterocycles. The van der Waals surface area contributed by atoms with Crippen LogP contribution in [0.3, 0.4) is 0 Å². The Balaban J connectivity index is 2.28. The van der Waals surface area contributed by atoms with E-state index >= 15 is 0 Å². The Labute approximate surface area is 122 Å². The highest BCUT2D eigenvalue weighted by molar-refractivity contribution is 5.73. The van der Waals surface area contributed by atoms with E-state index in [0.29, 0.717) is 12.5 Å². The summed E-state index contributed by atoms with van der Waals surface area (Å²) >= 11 is 0. The molecule has 0 aliphatic heterocycles. The van der Waals surface area contributed by atoms with Crippen molar-refractivity contribution >= 4 is 5.91 Å². The van der Waals surface area contributed by atoms with Crippen molar-refractivity contribution < 1.29 is 4.79 Å². The Hall–Kier alpha value is -1.35. The smallest absolute Gasteiger partial charge is 0.217 e. The van der Waals surface area contributed by atoms with E-state index in [-0.39, 0.29) is 5.91 Å². The molecule has 3 N–H and O–H groups in total. The molecule has 1 atom stereocenters. The van der Waals surface area contributed by atoms with Crippen LogP contribution >= 0.6 is 0 Å². The molecule has 1 aromatic carbocycles. The van der Waals surface area contributed by atoms with E-state index < -0.39 is 0 Å². The number of nitrogens with two attached hydrogens (primary N) is 1. The summed E-state index contributed by atoms with van der Waals surface area (Å²) in [6.45, 7) is 5.32. The second-order valence-corrected chi connectivity index (χ2v) is 5.44. The maximum Gasteiger partial charge on any atom is 0.217 e. The third-order valence-electron chi connectivity index (χ3n) is 3.60. The summed E-state index contributed by atoms with van der Waals surface area (Å²) in [5, 5.41) is 3.48. The summed E-state index contributed by atoms with van der Waals surface area (Å²) in [7, 11) is 0. The van der Waals surface area contributed by atoms with Crippen LogP contribution in [0, 0.1) is 0 Å². The first-order valence-corrected chi connectivity index (χ1v) is 7.74. The van der Waals surface area contributed by atoms with Gasteiger partial charge in [0, 0.05) is 12.5 Å². The third-order valence-corrected chi connectivity index (χ3v) is 3.60. The molecule has 1 amide bonds. The number of benzene rings is 1. The molecule has 1 rings (SSSR count). The summed E-state index contributed by atoms with van der Waals surface area (Å²) < 4.78 is 0. The number of unbranched alkanes of at least 4 members (excludes halogenated alkanes) is 2. The molecule has 1 aromatic rings. The minimum atomic E-state index is -0.208. The van der Waals surface area contributed by atoms with Gasteiger partial charge in [-0.2, -0.15) is 0 Å². The predicted octanol–water partition coefficient (Wildman–Crippen LogP) is 3.34. The lowest BCUT2D eigenvalue weighted by Gasteiger charge is -2.14. The minimum absolute atomic E-state index is 0.208. The van der Waals surface area contributed by atoms with Crippen LogP contribution in [0.25, 0.3) is 0 Å². The van der Waals surface area contributed by atoms with Gasteiger partial charge in [0.25, 0.3) is 0 Å². The van der Waals surface area contributed by atoms with Crippen LogP contribution in [0.2, 0.25) is 0 Å². The number of aryl methyl sites for hydroxylation is 1. The molecule has 0 aliphatic rings. The SMILES string of the molecule is CCCCc1ccc(C(C)NCCCCC(N)=O)cc1. The average molecular weight is 276 g/mol. The van der Waals surface area contributed by atoms with Gasteiger partial charge in [0.05, 0.1) is 0 Å². The van der Waals surface area contributed by atoms with Crippen molar-refractivity contribution in [3.05, 3.63) is 35.4 Å². The Kier molecular flexibility index (Phi) is 7.97. The molecule has 0 aliphatic carbocycles. The van der Waals surface area contributed by atoms with Crippen molar-refractivity contribution in [2.24, 2.45) is 5.73 Å². The van der Waals surface area contributed by atoms with Crippen molar-refractivity contribution in [2.75, 3.05) is 6.54 Å². The van der Waals surface area contributed by atoms with Gasteiger partial charge in [-0.1, -0.05) is 37.6 Å². The summed E-state index contributed by atoms with van der Waals surface area (Å²) in [6.07, 6.45) is 6.01. The number of carbonyl (C=O) groups is 1. The van der Waals surface area contributed by atoms with Gasteiger partial charge in [-0.05, 0) is 50.3 Å². The summed E-state index contributed by atoms with van der Waals surface area (Å²) in [5.41, 5.74) is 7.86. The van der Waals surface area contributed by atoms with Crippen LogP contribution in [0.15, 0.2) is 24.3 Å². The summed E-state index contributed by atoms with van der Waals surface area (Å²) in [6, 6.07) is 9.24. The molecule has 1 unspecified atom stereocenters. The first-order chi connectivity index (χ1) is 9.63. The van der Waals surface area contributed by atoms with Gasteiger partial charge in [0.2, 0.25) is 5.91 Å². The average Bonchev–Trinajstić information content (AvgIpc) is 2.44. The maximum atomic E-state index is 10.6. The van der Waals surface area contributed by atoms with E-state index in [1.807, 2.05) is 0 Å². The number of carbonyl (C=O) groups excluding carboxylic acids is 1. The highest BCUT2D eigenvalue weighted by Crippen LogP contribution is 2.14. The normalized spacial score (nSPS) is 12.3. The van der Waals surface area contributed by atoms with Crippen molar-refractivity contribution in [2.45, 2.75) is 58.4 Å². The molecule has 0 saturated heterocycles. The molecular formula is C17H28N2O. The van der Waals surface area contributed by atoms with E-state index in [4.69, 9.17) is 5.73 Å². The van der Waals surface area contributed by atoms with Crippen molar-refractivity contribution in [1.82, 2.24) is 5.32 Å². The zero-order valence-electron chi connectivity index (χ0n) is 12.8. The van der Waals surface area contributed by atoms with Crippen molar-refractivity contribution in [1.29, 1.82) is 0 Å². The second-order valence-electron chi connectivity index (χ2n) is 5.44. The summed E-state index contributed by atoms with van der Waals surface area (Å²) in [4.78, 5) is 10.6. The molecule has 0 aromatic heterocycles. The predicted molar refractivity (Wildman–Crippen MR) is 84.5 cm³/mol. The molecule has 0 radical (unpaired) electrons. The highest BCUT2D eigenvalue weighted by atomic mass is 16.1. The highest BCUT2D eigenvalue weighted by Gasteiger charge is 2.04. The fraction of sp³-hybridized carbons (Fsp3) is 0.588. The van der Waals surface area contributed by atoms with E-state index in [1.165, 1.54) is 30.4 Å². The standard InChI is InChI=1S/C17H28N2O/c1-3-4-7-15-9-11-16(12-10-15)14(2)19-13-6-5-8-17(18)20/h9-12,14,19H,3-8,13H2,1-2H3,(H2,18,20). The molecule has 20 heavy (non-hydrogen) atoms. The number of hydrogen-bond acceptors (Lipinski definition) is 2. The van der Waals surface area contributed by atoms with E-state index in [1.54, 1.807) is 0 Å². The Morgan fingerprint density at radius 2 is 1.90 bits per heavy atom. The number of rotatable bonds is 10. The number of hydrogen-bond donors (Lipinski definition) is 2. The van der Waals surface area contributed by atoms with E-state index in [0.717, 1.165) is 19.4 Å². The number of amides is 1. The van der Waals surface area contributed by atoms with Gasteiger partial charge in [0.1, 0.15) is 0 Å². The third kappa shape index (κ3) is 6.71. The van der Waals surface area contributed by atoms with E-state index in [2.05, 4.69) is 43.4 Å². The first kappa shape index (κ1) is 16.7. The topological polar surface area (TPSA) is 55.1 Å². The quantitative estimate of drug-likeness (QED) is 0.644. The van der Waals surface area contributed by atoms with Gasteiger partial charge in [-0.25, -0.2) is 0 Å². The van der Waals surface area contributed by atoms with Crippen LogP contribution < -0.4 is 11.1 Å². The van der Waals surface area contributed by atoms with Crippen LogP contribution in [0.5, 0.6) is 0 Å². The lowest BCUT2D eigenvalue weighted by molar-refractivity contribution is -0.118. The zero-order chi connectivity index (χ0) is 14.8. The molecule has 0 fully saturated rings. The van der Waals surface area contributed by atoms with Crippen LogP contribution in [0.1, 0.15) is 63.1 Å². The maximum absolute atomic E-state index is 10.6. The molecule has 0 saturated carbocycles.